The van der Waals surface area contributed by atoms with E-state index in [1.807, 2.05) is 12.1 Å². The zero-order valence-electron chi connectivity index (χ0n) is 15.8. The van der Waals surface area contributed by atoms with Gasteiger partial charge in [-0.15, -0.1) is 0 Å². The molecule has 0 bridgehead atoms. The maximum atomic E-state index is 12.1. The van der Waals surface area contributed by atoms with Gasteiger partial charge in [-0.3, -0.25) is 0 Å². The molecule has 0 unspecified atom stereocenters. The summed E-state index contributed by atoms with van der Waals surface area (Å²) in [6.45, 7) is 4.17. The van der Waals surface area contributed by atoms with E-state index in [0.29, 0.717) is 0 Å². The number of ether oxygens (including phenoxy) is 4. The second-order valence-corrected chi connectivity index (χ2v) is 6.41. The number of allylic oxidation sites excluding steroid dienone is 4. The Morgan fingerprint density at radius 2 is 1.73 bits per heavy atom. The smallest absolute Gasteiger partial charge is 0.501 e. The lowest BCUT2D eigenvalue weighted by molar-refractivity contribution is 0.0595. The predicted molar refractivity (Wildman–Crippen MR) is 96.2 cm³/mol. The van der Waals surface area contributed by atoms with Gasteiger partial charge in [0.1, 0.15) is 11.3 Å². The summed E-state index contributed by atoms with van der Waals surface area (Å²) in [6, 6.07) is 5.11. The molecular weight excluding hydrogens is 336 g/mol. The van der Waals surface area contributed by atoms with Gasteiger partial charge < -0.3 is 18.9 Å². The van der Waals surface area contributed by atoms with E-state index in [9.17, 15) is 9.59 Å². The Morgan fingerprint density at radius 1 is 1.00 bits per heavy atom. The van der Waals surface area contributed by atoms with Crippen molar-refractivity contribution in [3.05, 3.63) is 52.8 Å². The lowest BCUT2D eigenvalue weighted by Crippen LogP contribution is -2.23. The van der Waals surface area contributed by atoms with Crippen molar-refractivity contribution in [2.24, 2.45) is 0 Å². The topological polar surface area (TPSA) is 71.1 Å². The van der Waals surface area contributed by atoms with Crippen LogP contribution in [0.1, 0.15) is 42.6 Å². The zero-order valence-corrected chi connectivity index (χ0v) is 15.8. The summed E-state index contributed by atoms with van der Waals surface area (Å²) in [5.41, 5.74) is 1.99. The molecule has 0 aromatic heterocycles. The van der Waals surface area contributed by atoms with Crippen LogP contribution in [-0.4, -0.2) is 33.5 Å². The van der Waals surface area contributed by atoms with Gasteiger partial charge >= 0.3 is 12.1 Å². The fraction of sp³-hybridized carbons (Fsp3) is 0.400. The van der Waals surface area contributed by atoms with Crippen molar-refractivity contribution in [2.75, 3.05) is 21.3 Å². The molecule has 6 heteroatoms. The molecule has 0 heterocycles. The zero-order chi connectivity index (χ0) is 19.3. The van der Waals surface area contributed by atoms with Gasteiger partial charge in [-0.2, -0.15) is 0 Å². The maximum Gasteiger partial charge on any atom is 0.513 e. The van der Waals surface area contributed by atoms with Crippen LogP contribution in [0.4, 0.5) is 4.79 Å². The molecule has 6 nitrogen and oxygen atoms in total. The van der Waals surface area contributed by atoms with Gasteiger partial charge in [-0.1, -0.05) is 31.6 Å². The molecule has 0 saturated carbocycles. The summed E-state index contributed by atoms with van der Waals surface area (Å²) >= 11 is 0. The van der Waals surface area contributed by atoms with Gasteiger partial charge in [0.15, 0.2) is 0 Å². The van der Waals surface area contributed by atoms with Crippen molar-refractivity contribution in [3.63, 3.8) is 0 Å². The number of hydrogen-bond donors (Lipinski definition) is 0. The number of esters is 1. The van der Waals surface area contributed by atoms with Crippen molar-refractivity contribution in [1.29, 1.82) is 0 Å². The van der Waals surface area contributed by atoms with Crippen molar-refractivity contribution >= 4 is 12.1 Å². The first-order valence-corrected chi connectivity index (χ1v) is 8.26. The van der Waals surface area contributed by atoms with Crippen molar-refractivity contribution < 1.29 is 28.5 Å². The van der Waals surface area contributed by atoms with Gasteiger partial charge in [-0.05, 0) is 30.2 Å². The Bertz CT molecular complexity index is 758. The van der Waals surface area contributed by atoms with Crippen molar-refractivity contribution in [1.82, 2.24) is 0 Å². The number of benzene rings is 1. The van der Waals surface area contributed by atoms with Crippen LogP contribution in [0.15, 0.2) is 41.7 Å². The molecule has 0 saturated heterocycles. The van der Waals surface area contributed by atoms with Crippen molar-refractivity contribution in [2.45, 2.75) is 32.1 Å². The fourth-order valence-electron chi connectivity index (χ4n) is 2.90. The highest BCUT2D eigenvalue weighted by Crippen LogP contribution is 2.38. The average Bonchev–Trinajstić information content (AvgIpc) is 2.67. The Hall–Kier alpha value is -2.76. The summed E-state index contributed by atoms with van der Waals surface area (Å²) in [5, 5.41) is 0. The minimum Gasteiger partial charge on any atom is -0.501 e. The molecule has 0 spiro atoms. The number of carbonyl (C=O) groups is 2. The van der Waals surface area contributed by atoms with Gasteiger partial charge in [0, 0.05) is 11.8 Å². The Labute approximate surface area is 153 Å². The van der Waals surface area contributed by atoms with Crippen LogP contribution in [0.2, 0.25) is 0 Å². The third-order valence-corrected chi connectivity index (χ3v) is 4.64. The van der Waals surface area contributed by atoms with E-state index in [4.69, 9.17) is 14.2 Å². The van der Waals surface area contributed by atoms with Gasteiger partial charge in [-0.25, -0.2) is 9.59 Å². The van der Waals surface area contributed by atoms with Crippen LogP contribution in [-0.2, 0) is 19.6 Å². The molecule has 0 N–H and O–H groups in total. The standard InChI is InChI=1S/C20H24O6/c1-20(2,13-6-9-15(23-3)10-7-13)14-8-11-17(26-19(22)25-5)16(12-14)18(21)24-4/h6,8-9,11-12H,7,10H2,1-5H3. The number of rotatable bonds is 5. The first-order valence-electron chi connectivity index (χ1n) is 8.26. The van der Waals surface area contributed by atoms with Gasteiger partial charge in [0.2, 0.25) is 0 Å². The lowest BCUT2D eigenvalue weighted by atomic mass is 9.74. The molecule has 140 valence electrons. The Balaban J connectivity index is 2.43. The molecule has 0 fully saturated rings. The molecular formula is C20H24O6. The van der Waals surface area contributed by atoms with E-state index in [0.717, 1.165) is 24.2 Å². The van der Waals surface area contributed by atoms with E-state index in [2.05, 4.69) is 24.7 Å². The molecule has 1 aromatic carbocycles. The molecule has 26 heavy (non-hydrogen) atoms. The first-order chi connectivity index (χ1) is 12.3. The molecule has 0 amide bonds. The normalized spacial score (nSPS) is 14.0. The van der Waals surface area contributed by atoms with Crippen LogP contribution < -0.4 is 4.74 Å². The third-order valence-electron chi connectivity index (χ3n) is 4.64. The molecule has 1 aliphatic carbocycles. The van der Waals surface area contributed by atoms with Crippen LogP contribution in [0.5, 0.6) is 5.75 Å². The summed E-state index contributed by atoms with van der Waals surface area (Å²) in [6.07, 6.45) is 4.82. The van der Waals surface area contributed by atoms with Gasteiger partial charge in [0.05, 0.1) is 27.1 Å². The summed E-state index contributed by atoms with van der Waals surface area (Å²) in [5.74, 6) is 0.463. The summed E-state index contributed by atoms with van der Waals surface area (Å²) in [4.78, 5) is 23.6. The minimum absolute atomic E-state index is 0.0995. The van der Waals surface area contributed by atoms with E-state index >= 15 is 0 Å². The highest BCUT2D eigenvalue weighted by Gasteiger charge is 2.29. The monoisotopic (exact) mass is 360 g/mol. The van der Waals surface area contributed by atoms with E-state index in [1.165, 1.54) is 19.8 Å². The molecule has 0 radical (unpaired) electrons. The van der Waals surface area contributed by atoms with E-state index < -0.39 is 12.1 Å². The molecule has 2 rings (SSSR count). The largest absolute Gasteiger partial charge is 0.513 e. The number of methoxy groups -OCH3 is 3. The summed E-state index contributed by atoms with van der Waals surface area (Å²) < 4.78 is 19.7. The van der Waals surface area contributed by atoms with Crippen LogP contribution in [0.25, 0.3) is 0 Å². The number of carbonyl (C=O) groups excluding carboxylic acids is 2. The quantitative estimate of drug-likeness (QED) is 0.580. The fourth-order valence-corrected chi connectivity index (χ4v) is 2.90. The van der Waals surface area contributed by atoms with Crippen LogP contribution in [0.3, 0.4) is 0 Å². The SMILES string of the molecule is COC(=O)Oc1ccc(C(C)(C)C2=CC=C(OC)CC2)cc1C(=O)OC. The Kier molecular flexibility index (Phi) is 6.08. The van der Waals surface area contributed by atoms with E-state index in [-0.39, 0.29) is 16.7 Å². The number of hydrogen-bond acceptors (Lipinski definition) is 6. The first kappa shape index (κ1) is 19.6. The highest BCUT2D eigenvalue weighted by molar-refractivity contribution is 5.93. The third kappa shape index (κ3) is 4.07. The van der Waals surface area contributed by atoms with E-state index in [1.54, 1.807) is 19.2 Å². The molecule has 0 atom stereocenters. The molecule has 0 aliphatic heterocycles. The molecule has 1 aliphatic rings. The summed E-state index contributed by atoms with van der Waals surface area (Å²) in [7, 11) is 4.15. The van der Waals surface area contributed by atoms with Gasteiger partial charge in [0.25, 0.3) is 0 Å². The minimum atomic E-state index is -0.894. The second kappa shape index (κ2) is 8.08. The lowest BCUT2D eigenvalue weighted by Gasteiger charge is -2.31. The average molecular weight is 360 g/mol. The second-order valence-electron chi connectivity index (χ2n) is 6.41. The van der Waals surface area contributed by atoms with Crippen molar-refractivity contribution in [3.8, 4) is 5.75 Å². The molecule has 1 aromatic rings. The predicted octanol–water partition coefficient (Wildman–Crippen LogP) is 4.15. The highest BCUT2D eigenvalue weighted by atomic mass is 16.7. The van der Waals surface area contributed by atoms with Crippen LogP contribution >= 0.6 is 0 Å². The maximum absolute atomic E-state index is 12.1. The van der Waals surface area contributed by atoms with Crippen LogP contribution in [0, 0.1) is 0 Å². The Morgan fingerprint density at radius 3 is 2.27 bits per heavy atom.